The fraction of sp³-hybridized carbons (Fsp3) is 0.727. The Balaban J connectivity index is 1.93. The molecular weight excluding hydrogens is 356 g/mol. The van der Waals surface area contributed by atoms with Gasteiger partial charge in [0, 0.05) is 32.5 Å². The molecule has 0 saturated carbocycles. The molecule has 0 spiro atoms. The molecule has 1 unspecified atom stereocenters. The first kappa shape index (κ1) is 21.2. The summed E-state index contributed by atoms with van der Waals surface area (Å²) in [6.07, 6.45) is 6.53. The van der Waals surface area contributed by atoms with Crippen LogP contribution in [0.3, 0.4) is 0 Å². The molecule has 1 aromatic rings. The second-order valence-corrected chi connectivity index (χ2v) is 8.53. The molecule has 6 heteroatoms. The Morgan fingerprint density at radius 1 is 1.29 bits per heavy atom. The number of pyridine rings is 1. The van der Waals surface area contributed by atoms with Crippen LogP contribution in [0.25, 0.3) is 0 Å². The summed E-state index contributed by atoms with van der Waals surface area (Å²) in [6.45, 7) is 6.95. The molecule has 1 saturated heterocycles. The van der Waals surface area contributed by atoms with Gasteiger partial charge in [-0.05, 0) is 48.3 Å². The number of carbonyl (C=O) groups excluding carboxylic acids is 1. The Labute approximate surface area is 168 Å². The highest BCUT2D eigenvalue weighted by molar-refractivity contribution is 5.93. The van der Waals surface area contributed by atoms with Crippen molar-refractivity contribution < 1.29 is 19.0 Å². The minimum absolute atomic E-state index is 0.0264. The summed E-state index contributed by atoms with van der Waals surface area (Å²) in [4.78, 5) is 19.7. The molecule has 2 heterocycles. The van der Waals surface area contributed by atoms with Crippen molar-refractivity contribution in [2.75, 3.05) is 27.7 Å². The van der Waals surface area contributed by atoms with Crippen LogP contribution in [0, 0.1) is 11.8 Å². The smallest absolute Gasteiger partial charge is 0.259 e. The Morgan fingerprint density at radius 2 is 2.07 bits per heavy atom. The molecule has 1 fully saturated rings. The average Bonchev–Trinajstić information content (AvgIpc) is 3.12. The SMILES string of the molecule is CCC1Cc2ccnc(C[C@]3(OCOC)C(=O)N(COC)[C@H]3CC(C)C)c2C1. The van der Waals surface area contributed by atoms with E-state index in [1.54, 1.807) is 19.1 Å². The lowest BCUT2D eigenvalue weighted by Gasteiger charge is -2.55. The van der Waals surface area contributed by atoms with Gasteiger partial charge in [-0.3, -0.25) is 9.78 Å². The lowest BCUT2D eigenvalue weighted by atomic mass is 9.74. The summed E-state index contributed by atoms with van der Waals surface area (Å²) in [5.41, 5.74) is 2.77. The van der Waals surface area contributed by atoms with Crippen LogP contribution < -0.4 is 0 Å². The number of rotatable bonds is 10. The third-order valence-corrected chi connectivity index (χ3v) is 6.19. The quantitative estimate of drug-likeness (QED) is 0.454. The first-order chi connectivity index (χ1) is 13.5. The van der Waals surface area contributed by atoms with Crippen LogP contribution in [0.15, 0.2) is 12.3 Å². The van der Waals surface area contributed by atoms with Crippen LogP contribution in [0.4, 0.5) is 0 Å². The van der Waals surface area contributed by atoms with E-state index in [2.05, 4.69) is 26.8 Å². The minimum Gasteiger partial charge on any atom is -0.364 e. The second-order valence-electron chi connectivity index (χ2n) is 8.53. The van der Waals surface area contributed by atoms with Crippen molar-refractivity contribution in [1.29, 1.82) is 0 Å². The third kappa shape index (κ3) is 3.82. The Bertz CT molecular complexity index is 693. The zero-order chi connectivity index (χ0) is 20.3. The summed E-state index contributed by atoms with van der Waals surface area (Å²) in [7, 11) is 3.21. The van der Waals surface area contributed by atoms with Gasteiger partial charge in [0.1, 0.15) is 13.5 Å². The van der Waals surface area contributed by atoms with Crippen LogP contribution in [-0.2, 0) is 38.3 Å². The van der Waals surface area contributed by atoms with Gasteiger partial charge in [0.25, 0.3) is 5.91 Å². The van der Waals surface area contributed by atoms with Gasteiger partial charge in [-0.2, -0.15) is 0 Å². The molecule has 3 atom stereocenters. The summed E-state index contributed by atoms with van der Waals surface area (Å²) in [5.74, 6) is 1.07. The molecule has 1 aliphatic carbocycles. The number of fused-ring (bicyclic) bond motifs is 1. The molecule has 0 radical (unpaired) electrons. The molecule has 3 rings (SSSR count). The molecule has 0 bridgehead atoms. The van der Waals surface area contributed by atoms with Gasteiger partial charge < -0.3 is 19.1 Å². The second kappa shape index (κ2) is 8.89. The number of carbonyl (C=O) groups is 1. The van der Waals surface area contributed by atoms with Crippen LogP contribution in [0.1, 0.15) is 50.4 Å². The highest BCUT2D eigenvalue weighted by Gasteiger charge is 2.62. The van der Waals surface area contributed by atoms with Crippen LogP contribution in [0.5, 0.6) is 0 Å². The number of hydrogen-bond donors (Lipinski definition) is 0. The van der Waals surface area contributed by atoms with Crippen molar-refractivity contribution in [2.24, 2.45) is 11.8 Å². The first-order valence-corrected chi connectivity index (χ1v) is 10.3. The molecule has 0 N–H and O–H groups in total. The van der Waals surface area contributed by atoms with Crippen LogP contribution >= 0.6 is 0 Å². The molecule has 0 aromatic carbocycles. The maximum atomic E-state index is 13.2. The van der Waals surface area contributed by atoms with E-state index in [0.717, 1.165) is 31.4 Å². The van der Waals surface area contributed by atoms with E-state index < -0.39 is 5.60 Å². The number of methoxy groups -OCH3 is 2. The third-order valence-electron chi connectivity index (χ3n) is 6.19. The van der Waals surface area contributed by atoms with E-state index in [-0.39, 0.29) is 25.5 Å². The van der Waals surface area contributed by atoms with Gasteiger partial charge in [0.15, 0.2) is 5.60 Å². The number of aromatic nitrogens is 1. The van der Waals surface area contributed by atoms with Crippen molar-refractivity contribution in [3.8, 4) is 0 Å². The minimum atomic E-state index is -0.925. The van der Waals surface area contributed by atoms with Crippen molar-refractivity contribution in [1.82, 2.24) is 9.88 Å². The van der Waals surface area contributed by atoms with Crippen molar-refractivity contribution >= 4 is 5.91 Å². The van der Waals surface area contributed by atoms with E-state index in [0.29, 0.717) is 18.3 Å². The summed E-state index contributed by atoms with van der Waals surface area (Å²) in [6, 6.07) is 2.08. The van der Waals surface area contributed by atoms with Gasteiger partial charge in [-0.1, -0.05) is 27.2 Å². The number of hydrogen-bond acceptors (Lipinski definition) is 5. The lowest BCUT2D eigenvalue weighted by molar-refractivity contribution is -0.235. The van der Waals surface area contributed by atoms with Gasteiger partial charge >= 0.3 is 0 Å². The highest BCUT2D eigenvalue weighted by atomic mass is 16.7. The molecule has 28 heavy (non-hydrogen) atoms. The normalized spacial score (nSPS) is 26.6. The van der Waals surface area contributed by atoms with E-state index in [1.807, 2.05) is 6.20 Å². The standard InChI is InChI=1S/C22H34N2O4/c1-6-16-10-17-7-8-23-19(18(17)11-16)12-22(28-14-27-5)20(9-15(2)3)24(13-26-4)21(22)25/h7-8,15-16,20H,6,9-14H2,1-5H3/t16?,20-,22+/m0/s1. The van der Waals surface area contributed by atoms with Crippen LogP contribution in [0.2, 0.25) is 0 Å². The molecule has 1 aromatic heterocycles. The number of likely N-dealkylation sites (tertiary alicyclic amines) is 1. The topological polar surface area (TPSA) is 60.9 Å². The molecule has 2 aliphatic rings. The number of β-lactam (4-membered cyclic amide) rings is 1. The first-order valence-electron chi connectivity index (χ1n) is 10.3. The number of ether oxygens (including phenoxy) is 3. The zero-order valence-corrected chi connectivity index (χ0v) is 17.9. The summed E-state index contributed by atoms with van der Waals surface area (Å²) >= 11 is 0. The summed E-state index contributed by atoms with van der Waals surface area (Å²) in [5, 5.41) is 0. The highest BCUT2D eigenvalue weighted by Crippen LogP contribution is 2.42. The Kier molecular flexibility index (Phi) is 6.73. The van der Waals surface area contributed by atoms with Gasteiger partial charge in [-0.25, -0.2) is 0 Å². The largest absolute Gasteiger partial charge is 0.364 e. The van der Waals surface area contributed by atoms with Crippen molar-refractivity contribution in [2.45, 2.75) is 64.5 Å². The lowest BCUT2D eigenvalue weighted by Crippen LogP contribution is -2.76. The molecular formula is C22H34N2O4. The molecule has 1 aliphatic heterocycles. The predicted octanol–water partition coefficient (Wildman–Crippen LogP) is 2.97. The van der Waals surface area contributed by atoms with Crippen molar-refractivity contribution in [3.05, 3.63) is 29.1 Å². The Morgan fingerprint density at radius 3 is 2.71 bits per heavy atom. The van der Waals surface area contributed by atoms with E-state index in [1.165, 1.54) is 11.1 Å². The fourth-order valence-corrected chi connectivity index (χ4v) is 4.71. The van der Waals surface area contributed by atoms with E-state index in [9.17, 15) is 4.79 Å². The van der Waals surface area contributed by atoms with E-state index >= 15 is 0 Å². The maximum absolute atomic E-state index is 13.2. The molecule has 1 amide bonds. The average molecular weight is 391 g/mol. The maximum Gasteiger partial charge on any atom is 0.259 e. The van der Waals surface area contributed by atoms with E-state index in [4.69, 9.17) is 19.2 Å². The predicted molar refractivity (Wildman–Crippen MR) is 107 cm³/mol. The van der Waals surface area contributed by atoms with Crippen molar-refractivity contribution in [3.63, 3.8) is 0 Å². The summed E-state index contributed by atoms with van der Waals surface area (Å²) < 4.78 is 16.6. The molecule has 6 nitrogen and oxygen atoms in total. The fourth-order valence-electron chi connectivity index (χ4n) is 4.71. The number of amides is 1. The number of nitrogens with zero attached hydrogens (tertiary/aromatic N) is 2. The van der Waals surface area contributed by atoms with Crippen LogP contribution in [-0.4, -0.2) is 55.2 Å². The zero-order valence-electron chi connectivity index (χ0n) is 17.9. The monoisotopic (exact) mass is 390 g/mol. The van der Waals surface area contributed by atoms with Gasteiger partial charge in [0.05, 0.1) is 6.04 Å². The molecule has 156 valence electrons. The van der Waals surface area contributed by atoms with Gasteiger partial charge in [0.2, 0.25) is 0 Å². The van der Waals surface area contributed by atoms with Gasteiger partial charge in [-0.15, -0.1) is 0 Å². The Hall–Kier alpha value is -1.50.